The second-order valence-electron chi connectivity index (χ2n) is 4.63. The Balaban J connectivity index is 1.89. The second-order valence-corrected chi connectivity index (χ2v) is 4.63. The molecular formula is C17H15N3O3. The van der Waals surface area contributed by atoms with E-state index in [2.05, 4.69) is 15.0 Å². The molecule has 0 saturated carbocycles. The quantitative estimate of drug-likeness (QED) is 0.720. The third-order valence-corrected chi connectivity index (χ3v) is 3.12. The van der Waals surface area contributed by atoms with Crippen molar-refractivity contribution in [1.82, 2.24) is 15.0 Å². The molecule has 0 aliphatic rings. The summed E-state index contributed by atoms with van der Waals surface area (Å²) in [5, 5.41) is 0. The maximum absolute atomic E-state index is 5.77. The summed E-state index contributed by atoms with van der Waals surface area (Å²) in [6, 6.07) is 9.03. The van der Waals surface area contributed by atoms with Gasteiger partial charge in [-0.25, -0.2) is 4.98 Å². The van der Waals surface area contributed by atoms with Crippen molar-refractivity contribution in [3.05, 3.63) is 55.1 Å². The van der Waals surface area contributed by atoms with Crippen molar-refractivity contribution in [2.75, 3.05) is 14.2 Å². The van der Waals surface area contributed by atoms with Crippen molar-refractivity contribution < 1.29 is 14.2 Å². The Labute approximate surface area is 133 Å². The fraction of sp³-hybridized carbons (Fsp3) is 0.118. The SMILES string of the molecule is COc1cc(OC)cc(Oc2cncc(-c3cccnc3)n2)c1. The number of rotatable bonds is 5. The Morgan fingerprint density at radius 3 is 2.22 bits per heavy atom. The van der Waals surface area contributed by atoms with Gasteiger partial charge in [-0.3, -0.25) is 9.97 Å². The zero-order valence-electron chi connectivity index (χ0n) is 12.8. The van der Waals surface area contributed by atoms with Gasteiger partial charge in [0.25, 0.3) is 0 Å². The maximum Gasteiger partial charge on any atom is 0.238 e. The summed E-state index contributed by atoms with van der Waals surface area (Å²) in [6.45, 7) is 0. The Hall–Kier alpha value is -3.15. The first-order chi connectivity index (χ1) is 11.3. The van der Waals surface area contributed by atoms with Crippen LogP contribution in [-0.2, 0) is 0 Å². The zero-order chi connectivity index (χ0) is 16.1. The van der Waals surface area contributed by atoms with E-state index in [4.69, 9.17) is 14.2 Å². The van der Waals surface area contributed by atoms with Crippen LogP contribution in [0.2, 0.25) is 0 Å². The molecule has 6 nitrogen and oxygen atoms in total. The molecule has 0 aliphatic heterocycles. The predicted molar refractivity (Wildman–Crippen MR) is 84.9 cm³/mol. The van der Waals surface area contributed by atoms with Crippen molar-refractivity contribution in [2.24, 2.45) is 0 Å². The van der Waals surface area contributed by atoms with E-state index in [9.17, 15) is 0 Å². The van der Waals surface area contributed by atoms with Crippen LogP contribution in [0, 0.1) is 0 Å². The van der Waals surface area contributed by atoms with Gasteiger partial charge in [0, 0.05) is 36.2 Å². The zero-order valence-corrected chi connectivity index (χ0v) is 12.8. The molecule has 0 spiro atoms. The Morgan fingerprint density at radius 2 is 1.57 bits per heavy atom. The van der Waals surface area contributed by atoms with Gasteiger partial charge < -0.3 is 14.2 Å². The van der Waals surface area contributed by atoms with Crippen LogP contribution < -0.4 is 14.2 Å². The highest BCUT2D eigenvalue weighted by molar-refractivity contribution is 5.56. The van der Waals surface area contributed by atoms with Crippen LogP contribution in [0.4, 0.5) is 0 Å². The Bertz CT molecular complexity index is 772. The molecule has 3 rings (SSSR count). The molecule has 0 unspecified atom stereocenters. The molecular weight excluding hydrogens is 294 g/mol. The van der Waals surface area contributed by atoms with Crippen molar-refractivity contribution in [2.45, 2.75) is 0 Å². The van der Waals surface area contributed by atoms with Gasteiger partial charge in [0.05, 0.1) is 32.3 Å². The Kier molecular flexibility index (Phi) is 4.33. The van der Waals surface area contributed by atoms with Crippen molar-refractivity contribution >= 4 is 0 Å². The fourth-order valence-corrected chi connectivity index (χ4v) is 2.01. The lowest BCUT2D eigenvalue weighted by molar-refractivity contribution is 0.385. The summed E-state index contributed by atoms with van der Waals surface area (Å²) < 4.78 is 16.2. The van der Waals surface area contributed by atoms with Crippen LogP contribution in [0.1, 0.15) is 0 Å². The number of aromatic nitrogens is 3. The minimum atomic E-state index is 0.377. The number of ether oxygens (including phenoxy) is 3. The highest BCUT2D eigenvalue weighted by Crippen LogP contribution is 2.30. The van der Waals surface area contributed by atoms with Crippen LogP contribution in [0.25, 0.3) is 11.3 Å². The molecule has 116 valence electrons. The summed E-state index contributed by atoms with van der Waals surface area (Å²) in [5.41, 5.74) is 1.55. The molecule has 0 saturated heterocycles. The van der Waals surface area contributed by atoms with Gasteiger partial charge in [0.1, 0.15) is 17.2 Å². The topological polar surface area (TPSA) is 66.4 Å². The first-order valence-electron chi connectivity index (χ1n) is 6.92. The lowest BCUT2D eigenvalue weighted by Gasteiger charge is -2.09. The largest absolute Gasteiger partial charge is 0.496 e. The molecule has 0 atom stereocenters. The normalized spacial score (nSPS) is 10.2. The molecule has 3 aromatic rings. The van der Waals surface area contributed by atoms with Crippen LogP contribution in [0.15, 0.2) is 55.1 Å². The number of methoxy groups -OCH3 is 2. The van der Waals surface area contributed by atoms with Gasteiger partial charge in [-0.05, 0) is 12.1 Å². The molecule has 1 aromatic carbocycles. The summed E-state index contributed by atoms with van der Waals surface area (Å²) in [4.78, 5) is 12.7. The molecule has 6 heteroatoms. The third kappa shape index (κ3) is 3.55. The first-order valence-corrected chi connectivity index (χ1v) is 6.92. The third-order valence-electron chi connectivity index (χ3n) is 3.12. The van der Waals surface area contributed by atoms with E-state index in [0.29, 0.717) is 28.8 Å². The smallest absolute Gasteiger partial charge is 0.238 e. The molecule has 23 heavy (non-hydrogen) atoms. The summed E-state index contributed by atoms with van der Waals surface area (Å²) in [5.74, 6) is 2.20. The summed E-state index contributed by atoms with van der Waals surface area (Å²) in [7, 11) is 3.17. The van der Waals surface area contributed by atoms with Crippen LogP contribution in [-0.4, -0.2) is 29.2 Å². The van der Waals surface area contributed by atoms with Gasteiger partial charge in [-0.1, -0.05) is 0 Å². The molecule has 0 aliphatic carbocycles. The Morgan fingerprint density at radius 1 is 0.826 bits per heavy atom. The lowest BCUT2D eigenvalue weighted by Crippen LogP contribution is -1.94. The number of hydrogen-bond donors (Lipinski definition) is 0. The van der Waals surface area contributed by atoms with Crippen molar-refractivity contribution in [3.8, 4) is 34.4 Å². The number of benzene rings is 1. The first kappa shape index (κ1) is 14.8. The van der Waals surface area contributed by atoms with Gasteiger partial charge >= 0.3 is 0 Å². The van der Waals surface area contributed by atoms with E-state index >= 15 is 0 Å². The van der Waals surface area contributed by atoms with E-state index < -0.39 is 0 Å². The molecule has 0 amide bonds. The molecule has 0 N–H and O–H groups in total. The van der Waals surface area contributed by atoms with Crippen LogP contribution >= 0.6 is 0 Å². The van der Waals surface area contributed by atoms with E-state index in [1.807, 2.05) is 12.1 Å². The van der Waals surface area contributed by atoms with Crippen molar-refractivity contribution in [3.63, 3.8) is 0 Å². The lowest BCUT2D eigenvalue weighted by atomic mass is 10.2. The minimum Gasteiger partial charge on any atom is -0.496 e. The van der Waals surface area contributed by atoms with Gasteiger partial charge in [-0.15, -0.1) is 0 Å². The summed E-state index contributed by atoms with van der Waals surface area (Å²) in [6.07, 6.45) is 6.64. The van der Waals surface area contributed by atoms with Gasteiger partial charge in [0.2, 0.25) is 5.88 Å². The highest BCUT2D eigenvalue weighted by atomic mass is 16.5. The molecule has 2 aromatic heterocycles. The van der Waals surface area contributed by atoms with E-state index in [1.165, 1.54) is 0 Å². The van der Waals surface area contributed by atoms with E-state index in [-0.39, 0.29) is 0 Å². The molecule has 0 fully saturated rings. The van der Waals surface area contributed by atoms with Gasteiger partial charge in [-0.2, -0.15) is 0 Å². The molecule has 2 heterocycles. The average Bonchev–Trinajstić information content (AvgIpc) is 2.62. The number of nitrogens with zero attached hydrogens (tertiary/aromatic N) is 3. The van der Waals surface area contributed by atoms with Crippen LogP contribution in [0.3, 0.4) is 0 Å². The average molecular weight is 309 g/mol. The predicted octanol–water partition coefficient (Wildman–Crippen LogP) is 3.35. The van der Waals surface area contributed by atoms with Crippen LogP contribution in [0.5, 0.6) is 23.1 Å². The second kappa shape index (κ2) is 6.74. The monoisotopic (exact) mass is 309 g/mol. The van der Waals surface area contributed by atoms with Crippen molar-refractivity contribution in [1.29, 1.82) is 0 Å². The molecule has 0 bridgehead atoms. The van der Waals surface area contributed by atoms with E-state index in [1.54, 1.807) is 57.2 Å². The highest BCUT2D eigenvalue weighted by Gasteiger charge is 2.07. The van der Waals surface area contributed by atoms with Gasteiger partial charge in [0.15, 0.2) is 0 Å². The standard InChI is InChI=1S/C17H15N3O3/c1-21-13-6-14(22-2)8-15(7-13)23-17-11-19-10-16(20-17)12-4-3-5-18-9-12/h3-11H,1-2H3. The molecule has 0 radical (unpaired) electrons. The maximum atomic E-state index is 5.77. The fourth-order valence-electron chi connectivity index (χ4n) is 2.01. The number of hydrogen-bond acceptors (Lipinski definition) is 6. The minimum absolute atomic E-state index is 0.377. The summed E-state index contributed by atoms with van der Waals surface area (Å²) >= 11 is 0. The number of pyridine rings is 1. The van der Waals surface area contributed by atoms with E-state index in [0.717, 1.165) is 5.56 Å².